The van der Waals surface area contributed by atoms with E-state index in [2.05, 4.69) is 6.07 Å². The van der Waals surface area contributed by atoms with Crippen LogP contribution in [0, 0.1) is 0 Å². The molecule has 0 aromatic heterocycles. The molecule has 0 saturated carbocycles. The largest absolute Gasteiger partial charge is 0.497 e. The average Bonchev–Trinajstić information content (AvgIpc) is 3.37. The van der Waals surface area contributed by atoms with Gasteiger partial charge in [0.15, 0.2) is 0 Å². The molecule has 0 saturated heterocycles. The molecule has 0 unspecified atom stereocenters. The first-order valence-corrected chi connectivity index (χ1v) is 10.4. The van der Waals surface area contributed by atoms with E-state index in [1.165, 1.54) is 12.0 Å². The van der Waals surface area contributed by atoms with Gasteiger partial charge in [0.2, 0.25) is 0 Å². The van der Waals surface area contributed by atoms with Crippen LogP contribution in [0.5, 0.6) is 11.5 Å². The molecule has 2 heterocycles. The van der Waals surface area contributed by atoms with Crippen molar-refractivity contribution in [2.24, 2.45) is 0 Å². The van der Waals surface area contributed by atoms with E-state index in [1.54, 1.807) is 25.3 Å². The molecule has 0 aliphatic carbocycles. The van der Waals surface area contributed by atoms with Crippen LogP contribution in [-0.4, -0.2) is 32.6 Å². The lowest BCUT2D eigenvalue weighted by Gasteiger charge is -2.22. The van der Waals surface area contributed by atoms with Gasteiger partial charge >= 0.3 is 0 Å². The highest BCUT2D eigenvalue weighted by molar-refractivity contribution is 6.46. The van der Waals surface area contributed by atoms with Gasteiger partial charge in [-0.05, 0) is 35.7 Å². The minimum absolute atomic E-state index is 0.359. The monoisotopic (exact) mass is 426 g/mol. The molecule has 32 heavy (non-hydrogen) atoms. The fourth-order valence-corrected chi connectivity index (χ4v) is 4.39. The van der Waals surface area contributed by atoms with Gasteiger partial charge < -0.3 is 14.4 Å². The molecule has 6 nitrogen and oxygen atoms in total. The van der Waals surface area contributed by atoms with Gasteiger partial charge in [0.25, 0.3) is 11.8 Å². The molecule has 0 bridgehead atoms. The maximum absolute atomic E-state index is 13.9. The van der Waals surface area contributed by atoms with Gasteiger partial charge in [-0.15, -0.1) is 0 Å². The molecule has 5 rings (SSSR count). The van der Waals surface area contributed by atoms with E-state index < -0.39 is 0 Å². The van der Waals surface area contributed by atoms with E-state index in [0.29, 0.717) is 40.6 Å². The molecule has 160 valence electrons. The average molecular weight is 426 g/mol. The quantitative estimate of drug-likeness (QED) is 0.576. The minimum Gasteiger partial charge on any atom is -0.497 e. The highest BCUT2D eigenvalue weighted by atomic mass is 16.5. The maximum Gasteiger partial charge on any atom is 0.282 e. The molecule has 3 aromatic carbocycles. The molecule has 2 aliphatic heterocycles. The third-order valence-electron chi connectivity index (χ3n) is 5.91. The van der Waals surface area contributed by atoms with Crippen LogP contribution in [0.3, 0.4) is 0 Å². The van der Waals surface area contributed by atoms with Crippen LogP contribution in [0.1, 0.15) is 11.1 Å². The number of imide groups is 1. The van der Waals surface area contributed by atoms with Crippen molar-refractivity contribution in [2.45, 2.75) is 6.42 Å². The number of ether oxygens (including phenoxy) is 2. The second kappa shape index (κ2) is 7.89. The molecule has 0 fully saturated rings. The first kappa shape index (κ1) is 19.9. The summed E-state index contributed by atoms with van der Waals surface area (Å²) in [4.78, 5) is 30.8. The molecule has 6 heteroatoms. The van der Waals surface area contributed by atoms with Crippen LogP contribution >= 0.6 is 0 Å². The second-order valence-corrected chi connectivity index (χ2v) is 7.60. The van der Waals surface area contributed by atoms with Crippen molar-refractivity contribution in [3.8, 4) is 11.5 Å². The molecule has 0 atom stereocenters. The summed E-state index contributed by atoms with van der Waals surface area (Å²) in [6, 6.07) is 22.4. The topological polar surface area (TPSA) is 59.1 Å². The standard InChI is InChI=1S/C26H22N2O4/c1-31-19-12-13-22(32-2)21(16-19)28-25(29)23(18-9-4-3-5-10-18)24(26(28)30)27-15-14-17-8-6-7-11-20(17)27/h3-13,16H,14-15H2,1-2H3. The van der Waals surface area contributed by atoms with Crippen LogP contribution in [0.2, 0.25) is 0 Å². The number of amides is 2. The van der Waals surface area contributed by atoms with E-state index in [4.69, 9.17) is 9.47 Å². The Labute approximate surface area is 186 Å². The van der Waals surface area contributed by atoms with Crippen molar-refractivity contribution in [3.63, 3.8) is 0 Å². The Kier molecular flexibility index (Phi) is 4.90. The summed E-state index contributed by atoms with van der Waals surface area (Å²) in [6.45, 7) is 0.632. The summed E-state index contributed by atoms with van der Waals surface area (Å²) in [5.41, 5.74) is 3.95. The zero-order valence-corrected chi connectivity index (χ0v) is 17.9. The van der Waals surface area contributed by atoms with Gasteiger partial charge in [-0.3, -0.25) is 9.59 Å². The Balaban J connectivity index is 1.69. The summed E-state index contributed by atoms with van der Waals surface area (Å²) in [5.74, 6) is 0.190. The fraction of sp³-hybridized carbons (Fsp3) is 0.154. The van der Waals surface area contributed by atoms with E-state index in [1.807, 2.05) is 53.4 Å². The van der Waals surface area contributed by atoms with Crippen molar-refractivity contribution >= 4 is 28.8 Å². The summed E-state index contributed by atoms with van der Waals surface area (Å²) >= 11 is 0. The third-order valence-corrected chi connectivity index (χ3v) is 5.91. The summed E-state index contributed by atoms with van der Waals surface area (Å²) in [5, 5.41) is 0. The number of hydrogen-bond donors (Lipinski definition) is 0. The number of benzene rings is 3. The number of nitrogens with zero attached hydrogens (tertiary/aromatic N) is 2. The number of rotatable bonds is 5. The zero-order chi connectivity index (χ0) is 22.2. The van der Waals surface area contributed by atoms with Gasteiger partial charge in [-0.25, -0.2) is 4.90 Å². The fourth-order valence-electron chi connectivity index (χ4n) is 4.39. The molecule has 3 aromatic rings. The highest BCUT2D eigenvalue weighted by Crippen LogP contribution is 2.42. The molecule has 0 N–H and O–H groups in total. The number of para-hydroxylation sites is 1. The Bertz CT molecular complexity index is 1250. The van der Waals surface area contributed by atoms with Crippen LogP contribution in [-0.2, 0) is 16.0 Å². The SMILES string of the molecule is COc1ccc(OC)c(N2C(=O)C(c3ccccc3)=C(N3CCc4ccccc43)C2=O)c1. The van der Waals surface area contributed by atoms with Crippen molar-refractivity contribution in [1.29, 1.82) is 0 Å². The van der Waals surface area contributed by atoms with Gasteiger partial charge in [0, 0.05) is 18.3 Å². The number of carbonyl (C=O) groups excluding carboxylic acids is 2. The number of fused-ring (bicyclic) bond motifs is 1. The molecule has 0 radical (unpaired) electrons. The first-order valence-electron chi connectivity index (χ1n) is 10.4. The van der Waals surface area contributed by atoms with Gasteiger partial charge in [-0.2, -0.15) is 0 Å². The van der Waals surface area contributed by atoms with Crippen molar-refractivity contribution in [2.75, 3.05) is 30.6 Å². The summed E-state index contributed by atoms with van der Waals surface area (Å²) in [6.07, 6.45) is 0.811. The van der Waals surface area contributed by atoms with Crippen molar-refractivity contribution < 1.29 is 19.1 Å². The Hall–Kier alpha value is -4.06. The maximum atomic E-state index is 13.9. The van der Waals surface area contributed by atoms with Gasteiger partial charge in [0.1, 0.15) is 17.2 Å². The predicted molar refractivity (Wildman–Crippen MR) is 123 cm³/mol. The van der Waals surface area contributed by atoms with E-state index in [9.17, 15) is 9.59 Å². The number of carbonyl (C=O) groups is 2. The smallest absolute Gasteiger partial charge is 0.282 e. The molecule has 0 spiro atoms. The minimum atomic E-state index is -0.382. The Morgan fingerprint density at radius 1 is 0.781 bits per heavy atom. The van der Waals surface area contributed by atoms with Crippen molar-refractivity contribution in [1.82, 2.24) is 0 Å². The van der Waals surface area contributed by atoms with Crippen LogP contribution in [0.4, 0.5) is 11.4 Å². The predicted octanol–water partition coefficient (Wildman–Crippen LogP) is 4.05. The molecule has 2 amide bonds. The van der Waals surface area contributed by atoms with Gasteiger partial charge in [0.05, 0.1) is 25.5 Å². The molecule has 2 aliphatic rings. The number of methoxy groups -OCH3 is 2. The Morgan fingerprint density at radius 3 is 2.28 bits per heavy atom. The van der Waals surface area contributed by atoms with Gasteiger partial charge in [-0.1, -0.05) is 48.5 Å². The summed E-state index contributed by atoms with van der Waals surface area (Å²) < 4.78 is 10.8. The van der Waals surface area contributed by atoms with Crippen molar-refractivity contribution in [3.05, 3.63) is 89.6 Å². The zero-order valence-electron chi connectivity index (χ0n) is 17.9. The van der Waals surface area contributed by atoms with Crippen LogP contribution in [0.25, 0.3) is 5.57 Å². The normalized spacial score (nSPS) is 15.4. The third kappa shape index (κ3) is 3.03. The lowest BCUT2D eigenvalue weighted by Crippen LogP contribution is -2.35. The molecular weight excluding hydrogens is 404 g/mol. The number of anilines is 2. The lowest BCUT2D eigenvalue weighted by molar-refractivity contribution is -0.120. The summed E-state index contributed by atoms with van der Waals surface area (Å²) in [7, 11) is 3.05. The second-order valence-electron chi connectivity index (χ2n) is 7.60. The first-order chi connectivity index (χ1) is 15.6. The lowest BCUT2D eigenvalue weighted by atomic mass is 10.0. The van der Waals surface area contributed by atoms with E-state index >= 15 is 0 Å². The Morgan fingerprint density at radius 2 is 1.53 bits per heavy atom. The van der Waals surface area contributed by atoms with Crippen LogP contribution < -0.4 is 19.3 Å². The van der Waals surface area contributed by atoms with E-state index in [0.717, 1.165) is 17.7 Å². The van der Waals surface area contributed by atoms with E-state index in [-0.39, 0.29) is 11.8 Å². The molecular formula is C26H22N2O4. The van der Waals surface area contributed by atoms with Crippen LogP contribution in [0.15, 0.2) is 78.5 Å². The number of hydrogen-bond acceptors (Lipinski definition) is 5. The highest BCUT2D eigenvalue weighted by Gasteiger charge is 2.45.